The van der Waals surface area contributed by atoms with Crippen LogP contribution in [0.4, 0.5) is 0 Å². The Morgan fingerprint density at radius 2 is 2.05 bits per heavy atom. The highest BCUT2D eigenvalue weighted by Gasteiger charge is 2.26. The van der Waals surface area contributed by atoms with Crippen LogP contribution < -0.4 is 5.73 Å². The van der Waals surface area contributed by atoms with E-state index in [9.17, 15) is 9.90 Å². The third-order valence-electron chi connectivity index (χ3n) is 4.11. The molecule has 0 aromatic heterocycles. The molecule has 1 amide bonds. The molecule has 0 radical (unpaired) electrons. The summed E-state index contributed by atoms with van der Waals surface area (Å²) in [5.74, 6) is 0.348. The molecule has 1 aromatic carbocycles. The van der Waals surface area contributed by atoms with E-state index in [1.165, 1.54) is 0 Å². The minimum absolute atomic E-state index is 0.138. The smallest absolute Gasteiger partial charge is 0.227 e. The number of hydrogen-bond acceptors (Lipinski definition) is 3. The van der Waals surface area contributed by atoms with Gasteiger partial charge in [-0.15, -0.1) is 0 Å². The first-order chi connectivity index (χ1) is 9.60. The van der Waals surface area contributed by atoms with Crippen LogP contribution in [0.2, 0.25) is 0 Å². The van der Waals surface area contributed by atoms with E-state index in [2.05, 4.69) is 0 Å². The average molecular weight is 276 g/mol. The van der Waals surface area contributed by atoms with Crippen LogP contribution >= 0.6 is 0 Å². The first-order valence-corrected chi connectivity index (χ1v) is 7.43. The first-order valence-electron chi connectivity index (χ1n) is 7.43. The Morgan fingerprint density at radius 3 is 2.65 bits per heavy atom. The Kier molecular flexibility index (Phi) is 5.01. The monoisotopic (exact) mass is 276 g/mol. The lowest BCUT2D eigenvalue weighted by atomic mass is 9.90. The van der Waals surface area contributed by atoms with Gasteiger partial charge in [0.05, 0.1) is 6.42 Å². The molecule has 110 valence electrons. The van der Waals surface area contributed by atoms with Crippen molar-refractivity contribution in [1.82, 2.24) is 4.90 Å². The van der Waals surface area contributed by atoms with Crippen LogP contribution in [0, 0.1) is 0 Å². The van der Waals surface area contributed by atoms with E-state index >= 15 is 0 Å². The zero-order valence-electron chi connectivity index (χ0n) is 12.1. The molecule has 0 heterocycles. The molecule has 0 spiro atoms. The minimum atomic E-state index is 0.138. The van der Waals surface area contributed by atoms with Crippen molar-refractivity contribution in [2.24, 2.45) is 5.73 Å². The Bertz CT molecular complexity index is 454. The van der Waals surface area contributed by atoms with Gasteiger partial charge in [0.2, 0.25) is 5.91 Å². The Hall–Kier alpha value is -1.55. The summed E-state index contributed by atoms with van der Waals surface area (Å²) in [5.41, 5.74) is 6.79. The zero-order valence-corrected chi connectivity index (χ0v) is 12.1. The van der Waals surface area contributed by atoms with Crippen molar-refractivity contribution in [1.29, 1.82) is 0 Å². The van der Waals surface area contributed by atoms with E-state index in [4.69, 9.17) is 5.73 Å². The van der Waals surface area contributed by atoms with Crippen molar-refractivity contribution in [3.8, 4) is 5.75 Å². The molecule has 0 unspecified atom stereocenters. The molecule has 0 aliphatic heterocycles. The number of carbonyl (C=O) groups is 1. The van der Waals surface area contributed by atoms with Gasteiger partial charge >= 0.3 is 0 Å². The summed E-state index contributed by atoms with van der Waals surface area (Å²) < 4.78 is 0. The third-order valence-corrected chi connectivity index (χ3v) is 4.11. The molecular weight excluding hydrogens is 252 g/mol. The van der Waals surface area contributed by atoms with E-state index in [0.717, 1.165) is 37.8 Å². The highest BCUT2D eigenvalue weighted by Crippen LogP contribution is 2.23. The highest BCUT2D eigenvalue weighted by molar-refractivity contribution is 5.79. The maximum atomic E-state index is 12.4. The van der Waals surface area contributed by atoms with Gasteiger partial charge in [-0.3, -0.25) is 4.79 Å². The molecule has 1 aliphatic rings. The molecule has 2 rings (SSSR count). The van der Waals surface area contributed by atoms with E-state index < -0.39 is 0 Å². The number of nitrogens with two attached hydrogens (primary N) is 1. The summed E-state index contributed by atoms with van der Waals surface area (Å²) in [6, 6.07) is 7.54. The van der Waals surface area contributed by atoms with E-state index in [1.54, 1.807) is 18.2 Å². The average Bonchev–Trinajstić information content (AvgIpc) is 2.42. The predicted octanol–water partition coefficient (Wildman–Crippen LogP) is 2.05. The second-order valence-electron chi connectivity index (χ2n) is 5.60. The van der Waals surface area contributed by atoms with Gasteiger partial charge < -0.3 is 15.7 Å². The molecule has 0 saturated heterocycles. The molecule has 1 fully saturated rings. The summed E-state index contributed by atoms with van der Waals surface area (Å²) in [5, 5.41) is 9.46. The van der Waals surface area contributed by atoms with E-state index in [1.807, 2.05) is 17.9 Å². The topological polar surface area (TPSA) is 66.6 Å². The first kappa shape index (κ1) is 14.9. The molecular formula is C16H24N2O2. The Balaban J connectivity index is 1.98. The maximum Gasteiger partial charge on any atom is 0.227 e. The lowest BCUT2D eigenvalue weighted by molar-refractivity contribution is -0.133. The highest BCUT2D eigenvalue weighted by atomic mass is 16.3. The van der Waals surface area contributed by atoms with Gasteiger partial charge in [-0.1, -0.05) is 12.1 Å². The largest absolute Gasteiger partial charge is 0.508 e. The molecule has 0 atom stereocenters. The quantitative estimate of drug-likeness (QED) is 0.884. The summed E-state index contributed by atoms with van der Waals surface area (Å²) in [6.45, 7) is 2.76. The lowest BCUT2D eigenvalue weighted by Crippen LogP contribution is -2.44. The summed E-state index contributed by atoms with van der Waals surface area (Å²) in [4.78, 5) is 14.4. The molecule has 20 heavy (non-hydrogen) atoms. The van der Waals surface area contributed by atoms with Crippen LogP contribution in [0.15, 0.2) is 24.3 Å². The molecule has 1 saturated carbocycles. The van der Waals surface area contributed by atoms with Gasteiger partial charge in [-0.05, 0) is 50.3 Å². The maximum absolute atomic E-state index is 12.4. The number of hydrogen-bond donors (Lipinski definition) is 2. The van der Waals surface area contributed by atoms with Crippen molar-refractivity contribution in [2.45, 2.75) is 51.1 Å². The van der Waals surface area contributed by atoms with Crippen molar-refractivity contribution < 1.29 is 9.90 Å². The van der Waals surface area contributed by atoms with Gasteiger partial charge in [0, 0.05) is 18.6 Å². The normalized spacial score (nSPS) is 22.5. The van der Waals surface area contributed by atoms with E-state index in [-0.39, 0.29) is 11.7 Å². The number of phenolic OH excluding ortho intramolecular Hbond substituents is 1. The predicted molar refractivity (Wildman–Crippen MR) is 79.4 cm³/mol. The van der Waals surface area contributed by atoms with Gasteiger partial charge in [0.15, 0.2) is 0 Å². The van der Waals surface area contributed by atoms with Gasteiger partial charge in [-0.2, -0.15) is 0 Å². The fraction of sp³-hybridized carbons (Fsp3) is 0.562. The molecule has 1 aliphatic carbocycles. The molecule has 1 aromatic rings. The summed E-state index contributed by atoms with van der Waals surface area (Å²) in [7, 11) is 0. The lowest BCUT2D eigenvalue weighted by Gasteiger charge is -2.35. The Labute approximate surface area is 120 Å². The number of nitrogens with zero attached hydrogens (tertiary/aromatic N) is 1. The fourth-order valence-electron chi connectivity index (χ4n) is 2.99. The van der Waals surface area contributed by atoms with Crippen LogP contribution in [0.25, 0.3) is 0 Å². The minimum Gasteiger partial charge on any atom is -0.508 e. The van der Waals surface area contributed by atoms with Crippen LogP contribution in [-0.4, -0.2) is 34.5 Å². The SMILES string of the molecule is CCN(C(=O)Cc1cccc(O)c1)C1CCC(N)CC1. The number of amides is 1. The van der Waals surface area contributed by atoms with Gasteiger partial charge in [0.1, 0.15) is 5.75 Å². The van der Waals surface area contributed by atoms with Crippen molar-refractivity contribution in [2.75, 3.05) is 6.54 Å². The van der Waals surface area contributed by atoms with E-state index in [0.29, 0.717) is 18.5 Å². The van der Waals surface area contributed by atoms with Gasteiger partial charge in [0.25, 0.3) is 0 Å². The third kappa shape index (κ3) is 3.73. The van der Waals surface area contributed by atoms with Crippen LogP contribution in [0.5, 0.6) is 5.75 Å². The van der Waals surface area contributed by atoms with Crippen LogP contribution in [0.3, 0.4) is 0 Å². The fourth-order valence-corrected chi connectivity index (χ4v) is 2.99. The number of rotatable bonds is 4. The number of aromatic hydroxyl groups is 1. The summed E-state index contributed by atoms with van der Waals surface area (Å²) in [6.07, 6.45) is 4.35. The van der Waals surface area contributed by atoms with Crippen molar-refractivity contribution in [3.63, 3.8) is 0 Å². The molecule has 3 N–H and O–H groups in total. The zero-order chi connectivity index (χ0) is 14.5. The Morgan fingerprint density at radius 1 is 1.35 bits per heavy atom. The summed E-state index contributed by atoms with van der Waals surface area (Å²) >= 11 is 0. The van der Waals surface area contributed by atoms with Crippen LogP contribution in [-0.2, 0) is 11.2 Å². The molecule has 4 nitrogen and oxygen atoms in total. The second-order valence-corrected chi connectivity index (χ2v) is 5.60. The molecule has 4 heteroatoms. The second kappa shape index (κ2) is 6.75. The number of carbonyl (C=O) groups excluding carboxylic acids is 1. The number of likely N-dealkylation sites (N-methyl/N-ethyl adjacent to an activating group) is 1. The standard InChI is InChI=1S/C16H24N2O2/c1-2-18(14-8-6-13(17)7-9-14)16(20)11-12-4-3-5-15(19)10-12/h3-5,10,13-14,19H,2,6-9,11,17H2,1H3. The number of benzene rings is 1. The number of phenols is 1. The van der Waals surface area contributed by atoms with Crippen LogP contribution in [0.1, 0.15) is 38.2 Å². The van der Waals surface area contributed by atoms with Gasteiger partial charge in [-0.25, -0.2) is 0 Å². The van der Waals surface area contributed by atoms with Crippen molar-refractivity contribution >= 4 is 5.91 Å². The van der Waals surface area contributed by atoms with Crippen molar-refractivity contribution in [3.05, 3.63) is 29.8 Å². The molecule has 0 bridgehead atoms.